The molecule has 0 rings (SSSR count). The van der Waals surface area contributed by atoms with E-state index in [1.807, 2.05) is 0 Å². The van der Waals surface area contributed by atoms with Crippen molar-refractivity contribution < 1.29 is 4.79 Å². The van der Waals surface area contributed by atoms with E-state index in [2.05, 4.69) is 6.58 Å². The van der Waals surface area contributed by atoms with E-state index in [9.17, 15) is 4.79 Å². The fourth-order valence-corrected chi connectivity index (χ4v) is 0.347. The Balaban J connectivity index is 3.59. The van der Waals surface area contributed by atoms with Crippen LogP contribution in [0.15, 0.2) is 37.0 Å². The summed E-state index contributed by atoms with van der Waals surface area (Å²) in [5, 5.41) is -0.469. The quantitative estimate of drug-likeness (QED) is 0.335. The van der Waals surface area contributed by atoms with Crippen molar-refractivity contribution in [3.63, 3.8) is 0 Å². The maximum atomic E-state index is 10.0. The summed E-state index contributed by atoms with van der Waals surface area (Å²) < 4.78 is 0. The Morgan fingerprint density at radius 3 is 2.44 bits per heavy atom. The van der Waals surface area contributed by atoms with Gasteiger partial charge in [-0.25, -0.2) is 0 Å². The van der Waals surface area contributed by atoms with Crippen LogP contribution in [0.3, 0.4) is 0 Å². The summed E-state index contributed by atoms with van der Waals surface area (Å²) in [6.45, 7) is 3.44. The zero-order valence-electron chi connectivity index (χ0n) is 4.88. The molecular weight excluding hydrogens is 136 g/mol. The van der Waals surface area contributed by atoms with Gasteiger partial charge < -0.3 is 0 Å². The van der Waals surface area contributed by atoms with Crippen molar-refractivity contribution in [2.24, 2.45) is 0 Å². The summed E-state index contributed by atoms with van der Waals surface area (Å²) in [5.74, 6) is 0. The molecule has 0 spiro atoms. The number of rotatable bonds is 3. The molecule has 0 N–H and O–H groups in total. The van der Waals surface area contributed by atoms with Crippen molar-refractivity contribution in [2.75, 3.05) is 0 Å². The van der Waals surface area contributed by atoms with Gasteiger partial charge in [0.25, 0.3) is 0 Å². The maximum absolute atomic E-state index is 10.0. The normalized spacial score (nSPS) is 10.8. The maximum Gasteiger partial charge on any atom is 0.245 e. The Morgan fingerprint density at radius 1 is 1.33 bits per heavy atom. The highest BCUT2D eigenvalue weighted by Crippen LogP contribution is 1.83. The van der Waals surface area contributed by atoms with Crippen molar-refractivity contribution in [2.45, 2.75) is 0 Å². The minimum absolute atomic E-state index is 0.469. The Hall–Kier alpha value is -0.820. The van der Waals surface area contributed by atoms with Crippen LogP contribution in [0.25, 0.3) is 0 Å². The molecule has 0 atom stereocenters. The highest BCUT2D eigenvalue weighted by molar-refractivity contribution is 6.66. The van der Waals surface area contributed by atoms with E-state index in [1.165, 1.54) is 6.08 Å². The van der Waals surface area contributed by atoms with E-state index in [4.69, 9.17) is 11.6 Å². The van der Waals surface area contributed by atoms with Crippen LogP contribution in [0.5, 0.6) is 0 Å². The number of halogens is 1. The van der Waals surface area contributed by atoms with Crippen LogP contribution in [0.1, 0.15) is 0 Å². The van der Waals surface area contributed by atoms with Crippen LogP contribution >= 0.6 is 11.6 Å². The van der Waals surface area contributed by atoms with Gasteiger partial charge in [0, 0.05) is 0 Å². The lowest BCUT2D eigenvalue weighted by atomic mass is 10.4. The van der Waals surface area contributed by atoms with E-state index in [0.717, 1.165) is 0 Å². The van der Waals surface area contributed by atoms with Gasteiger partial charge >= 0.3 is 0 Å². The average molecular weight is 143 g/mol. The molecule has 9 heavy (non-hydrogen) atoms. The summed E-state index contributed by atoms with van der Waals surface area (Å²) in [4.78, 5) is 10.0. The van der Waals surface area contributed by atoms with Gasteiger partial charge in [-0.3, -0.25) is 4.79 Å². The SMILES string of the molecule is C=CC=C/C=C\C(=O)Cl. The molecule has 0 unspecified atom stereocenters. The standard InChI is InChI=1S/C7H7ClO/c1-2-3-4-5-6-7(8)9/h2-6H,1H2/b4-3?,6-5-. The molecule has 0 heterocycles. The number of hydrogen-bond acceptors (Lipinski definition) is 1. The van der Waals surface area contributed by atoms with Crippen molar-refractivity contribution in [3.05, 3.63) is 37.0 Å². The van der Waals surface area contributed by atoms with Crippen molar-refractivity contribution in [1.82, 2.24) is 0 Å². The molecule has 0 aromatic carbocycles. The molecule has 48 valence electrons. The first-order chi connectivity index (χ1) is 4.27. The van der Waals surface area contributed by atoms with Crippen LogP contribution in [-0.4, -0.2) is 5.24 Å². The molecular formula is C7H7ClO. The van der Waals surface area contributed by atoms with Gasteiger partial charge in [-0.1, -0.05) is 30.9 Å². The lowest BCUT2D eigenvalue weighted by Crippen LogP contribution is -1.71. The minimum atomic E-state index is -0.469. The number of hydrogen-bond donors (Lipinski definition) is 0. The topological polar surface area (TPSA) is 17.1 Å². The lowest BCUT2D eigenvalue weighted by Gasteiger charge is -1.70. The number of carbonyl (C=O) groups is 1. The fourth-order valence-electron chi connectivity index (χ4n) is 0.274. The summed E-state index contributed by atoms with van der Waals surface area (Å²) in [6, 6.07) is 0. The molecule has 1 nitrogen and oxygen atoms in total. The van der Waals surface area contributed by atoms with Gasteiger partial charge in [0.05, 0.1) is 0 Å². The molecule has 2 heteroatoms. The summed E-state index contributed by atoms with van der Waals surface area (Å²) in [6.07, 6.45) is 7.81. The second kappa shape index (κ2) is 5.32. The molecule has 0 bridgehead atoms. The molecule has 0 fully saturated rings. The number of carbonyl (C=O) groups excluding carboxylic acids is 1. The van der Waals surface area contributed by atoms with Crippen molar-refractivity contribution >= 4 is 16.8 Å². The Kier molecular flexibility index (Phi) is 4.83. The third-order valence-corrected chi connectivity index (χ3v) is 0.712. The Labute approximate surface area is 59.3 Å². The number of allylic oxidation sites excluding steroid dienone is 5. The van der Waals surface area contributed by atoms with Gasteiger partial charge in [-0.15, -0.1) is 0 Å². The van der Waals surface area contributed by atoms with E-state index in [-0.39, 0.29) is 0 Å². The Bertz CT molecular complexity index is 156. The minimum Gasteiger partial charge on any atom is -0.276 e. The van der Waals surface area contributed by atoms with Gasteiger partial charge in [-0.05, 0) is 17.7 Å². The molecule has 0 saturated carbocycles. The van der Waals surface area contributed by atoms with E-state index < -0.39 is 5.24 Å². The van der Waals surface area contributed by atoms with Gasteiger partial charge in [0.15, 0.2) is 0 Å². The van der Waals surface area contributed by atoms with Crippen LogP contribution < -0.4 is 0 Å². The fraction of sp³-hybridized carbons (Fsp3) is 0. The van der Waals surface area contributed by atoms with Gasteiger partial charge in [0.2, 0.25) is 5.24 Å². The van der Waals surface area contributed by atoms with E-state index in [0.29, 0.717) is 0 Å². The first-order valence-electron chi connectivity index (χ1n) is 2.42. The third-order valence-electron chi connectivity index (χ3n) is 0.586. The van der Waals surface area contributed by atoms with Crippen LogP contribution in [-0.2, 0) is 4.79 Å². The van der Waals surface area contributed by atoms with Crippen LogP contribution in [0.2, 0.25) is 0 Å². The highest BCUT2D eigenvalue weighted by atomic mass is 35.5. The molecule has 0 amide bonds. The molecule has 0 saturated heterocycles. The molecule has 0 aromatic heterocycles. The summed E-state index contributed by atoms with van der Waals surface area (Å²) in [7, 11) is 0. The molecule has 0 radical (unpaired) electrons. The summed E-state index contributed by atoms with van der Waals surface area (Å²) in [5.41, 5.74) is 0. The van der Waals surface area contributed by atoms with Gasteiger partial charge in [0.1, 0.15) is 0 Å². The van der Waals surface area contributed by atoms with Crippen LogP contribution in [0.4, 0.5) is 0 Å². The van der Waals surface area contributed by atoms with Crippen molar-refractivity contribution in [1.29, 1.82) is 0 Å². The van der Waals surface area contributed by atoms with Crippen LogP contribution in [0, 0.1) is 0 Å². The summed E-state index contributed by atoms with van der Waals surface area (Å²) >= 11 is 4.97. The first kappa shape index (κ1) is 8.18. The highest BCUT2D eigenvalue weighted by Gasteiger charge is 1.78. The van der Waals surface area contributed by atoms with Crippen molar-refractivity contribution in [3.8, 4) is 0 Å². The monoisotopic (exact) mass is 142 g/mol. The molecule has 0 aromatic rings. The predicted octanol–water partition coefficient (Wildman–Crippen LogP) is 2.05. The Morgan fingerprint density at radius 2 is 2.00 bits per heavy atom. The second-order valence-corrected chi connectivity index (χ2v) is 1.66. The third kappa shape index (κ3) is 7.18. The predicted molar refractivity (Wildman–Crippen MR) is 39.3 cm³/mol. The van der Waals surface area contributed by atoms with Gasteiger partial charge in [-0.2, -0.15) is 0 Å². The smallest absolute Gasteiger partial charge is 0.245 e. The van der Waals surface area contributed by atoms with E-state index >= 15 is 0 Å². The molecule has 0 aliphatic rings. The first-order valence-corrected chi connectivity index (χ1v) is 2.80. The second-order valence-electron chi connectivity index (χ2n) is 1.28. The zero-order valence-corrected chi connectivity index (χ0v) is 5.64. The lowest BCUT2D eigenvalue weighted by molar-refractivity contribution is -0.107. The van der Waals surface area contributed by atoms with E-state index in [1.54, 1.807) is 24.3 Å². The average Bonchev–Trinajstić information content (AvgIpc) is 1.80. The molecule has 0 aliphatic carbocycles. The largest absolute Gasteiger partial charge is 0.276 e. The molecule has 0 aliphatic heterocycles. The zero-order chi connectivity index (χ0) is 7.11.